The second-order valence-electron chi connectivity index (χ2n) is 4.48. The first-order valence-corrected chi connectivity index (χ1v) is 6.29. The van der Waals surface area contributed by atoms with Crippen LogP contribution in [-0.4, -0.2) is 7.11 Å². The Kier molecular flexibility index (Phi) is 4.42. The lowest BCUT2D eigenvalue weighted by molar-refractivity contribution is 0.0525. The topological polar surface area (TPSA) is 44.5 Å². The van der Waals surface area contributed by atoms with E-state index in [1.807, 2.05) is 37.3 Å². The standard InChI is InChI=1S/C16H19NO2/c1-12(14-6-4-3-5-7-14)19-11-13-8-15(17)10-16(9-13)18-2/h3-10,12H,11,17H2,1-2H3. The minimum Gasteiger partial charge on any atom is -0.497 e. The van der Waals surface area contributed by atoms with E-state index in [9.17, 15) is 0 Å². The number of rotatable bonds is 5. The van der Waals surface area contributed by atoms with E-state index in [1.165, 1.54) is 5.56 Å². The Morgan fingerprint density at radius 1 is 1.11 bits per heavy atom. The van der Waals surface area contributed by atoms with Crippen molar-refractivity contribution in [1.29, 1.82) is 0 Å². The summed E-state index contributed by atoms with van der Waals surface area (Å²) in [5.74, 6) is 0.756. The highest BCUT2D eigenvalue weighted by Crippen LogP contribution is 2.22. The molecule has 0 aliphatic rings. The second-order valence-corrected chi connectivity index (χ2v) is 4.48. The molecule has 1 unspecified atom stereocenters. The molecule has 0 spiro atoms. The fraction of sp³-hybridized carbons (Fsp3) is 0.250. The van der Waals surface area contributed by atoms with Gasteiger partial charge in [0.15, 0.2) is 0 Å². The smallest absolute Gasteiger partial charge is 0.121 e. The zero-order chi connectivity index (χ0) is 13.7. The van der Waals surface area contributed by atoms with Gasteiger partial charge in [-0.1, -0.05) is 30.3 Å². The van der Waals surface area contributed by atoms with Crippen LogP contribution in [0.5, 0.6) is 5.75 Å². The van der Waals surface area contributed by atoms with E-state index in [1.54, 1.807) is 13.2 Å². The lowest BCUT2D eigenvalue weighted by Crippen LogP contribution is -2.01. The number of nitrogens with two attached hydrogens (primary N) is 1. The molecule has 0 aliphatic carbocycles. The Balaban J connectivity index is 2.01. The van der Waals surface area contributed by atoms with Crippen LogP contribution in [0.25, 0.3) is 0 Å². The van der Waals surface area contributed by atoms with Gasteiger partial charge in [0.2, 0.25) is 0 Å². The maximum Gasteiger partial charge on any atom is 0.121 e. The van der Waals surface area contributed by atoms with Crippen molar-refractivity contribution in [3.63, 3.8) is 0 Å². The molecule has 2 aromatic carbocycles. The van der Waals surface area contributed by atoms with Gasteiger partial charge < -0.3 is 15.2 Å². The van der Waals surface area contributed by atoms with Crippen LogP contribution in [-0.2, 0) is 11.3 Å². The van der Waals surface area contributed by atoms with Crippen LogP contribution in [0.4, 0.5) is 5.69 Å². The fourth-order valence-corrected chi connectivity index (χ4v) is 1.93. The van der Waals surface area contributed by atoms with Gasteiger partial charge in [0.05, 0.1) is 19.8 Å². The van der Waals surface area contributed by atoms with E-state index >= 15 is 0 Å². The highest BCUT2D eigenvalue weighted by atomic mass is 16.5. The van der Waals surface area contributed by atoms with Crippen molar-refractivity contribution >= 4 is 5.69 Å². The van der Waals surface area contributed by atoms with Crippen LogP contribution < -0.4 is 10.5 Å². The molecule has 1 atom stereocenters. The molecular formula is C16H19NO2. The number of nitrogen functional groups attached to an aromatic ring is 1. The molecule has 0 saturated heterocycles. The number of benzene rings is 2. The van der Waals surface area contributed by atoms with E-state index < -0.39 is 0 Å². The number of anilines is 1. The third-order valence-electron chi connectivity index (χ3n) is 2.99. The summed E-state index contributed by atoms with van der Waals surface area (Å²) < 4.78 is 11.0. The zero-order valence-electron chi connectivity index (χ0n) is 11.3. The van der Waals surface area contributed by atoms with E-state index in [0.717, 1.165) is 11.3 Å². The fourth-order valence-electron chi connectivity index (χ4n) is 1.93. The molecule has 0 aliphatic heterocycles. The lowest BCUT2D eigenvalue weighted by atomic mass is 10.1. The van der Waals surface area contributed by atoms with Crippen LogP contribution in [0.3, 0.4) is 0 Å². The van der Waals surface area contributed by atoms with Crippen LogP contribution in [0.1, 0.15) is 24.2 Å². The molecule has 2 aromatic rings. The van der Waals surface area contributed by atoms with E-state index in [4.69, 9.17) is 15.2 Å². The maximum absolute atomic E-state index is 5.86. The molecule has 3 heteroatoms. The van der Waals surface area contributed by atoms with Crippen molar-refractivity contribution in [3.05, 3.63) is 59.7 Å². The monoisotopic (exact) mass is 257 g/mol. The lowest BCUT2D eigenvalue weighted by Gasteiger charge is -2.14. The maximum atomic E-state index is 5.86. The van der Waals surface area contributed by atoms with Gasteiger partial charge >= 0.3 is 0 Å². The predicted molar refractivity (Wildman–Crippen MR) is 77.1 cm³/mol. The van der Waals surface area contributed by atoms with Gasteiger partial charge in [0, 0.05) is 11.8 Å². The molecular weight excluding hydrogens is 238 g/mol. The third kappa shape index (κ3) is 3.73. The quantitative estimate of drug-likeness (QED) is 0.833. The normalized spacial score (nSPS) is 12.1. The summed E-state index contributed by atoms with van der Waals surface area (Å²) >= 11 is 0. The average molecular weight is 257 g/mol. The Hall–Kier alpha value is -2.00. The van der Waals surface area contributed by atoms with Crippen molar-refractivity contribution in [1.82, 2.24) is 0 Å². The Bertz CT molecular complexity index is 526. The van der Waals surface area contributed by atoms with Crippen molar-refractivity contribution in [2.45, 2.75) is 19.6 Å². The SMILES string of the molecule is COc1cc(N)cc(COC(C)c2ccccc2)c1. The zero-order valence-corrected chi connectivity index (χ0v) is 11.3. The van der Waals surface area contributed by atoms with Crippen LogP contribution in [0, 0.1) is 0 Å². The second kappa shape index (κ2) is 6.25. The molecule has 2 rings (SSSR count). The molecule has 100 valence electrons. The van der Waals surface area contributed by atoms with Gasteiger partial charge in [-0.3, -0.25) is 0 Å². The van der Waals surface area contributed by atoms with Gasteiger partial charge in [-0.25, -0.2) is 0 Å². The Morgan fingerprint density at radius 2 is 1.84 bits per heavy atom. The molecule has 2 N–H and O–H groups in total. The first-order chi connectivity index (χ1) is 9.19. The predicted octanol–water partition coefficient (Wildman–Crippen LogP) is 3.56. The number of methoxy groups -OCH3 is 1. The molecule has 0 fully saturated rings. The first-order valence-electron chi connectivity index (χ1n) is 6.29. The van der Waals surface area contributed by atoms with Gasteiger partial charge in [-0.15, -0.1) is 0 Å². The minimum absolute atomic E-state index is 0.0497. The van der Waals surface area contributed by atoms with Gasteiger partial charge in [0.25, 0.3) is 0 Å². The van der Waals surface area contributed by atoms with Gasteiger partial charge in [0.1, 0.15) is 5.75 Å². The molecule has 0 aromatic heterocycles. The summed E-state index contributed by atoms with van der Waals surface area (Å²) in [5.41, 5.74) is 8.68. The molecule has 0 amide bonds. The van der Waals surface area contributed by atoms with E-state index in [-0.39, 0.29) is 6.10 Å². The first kappa shape index (κ1) is 13.4. The van der Waals surface area contributed by atoms with Gasteiger partial charge in [-0.2, -0.15) is 0 Å². The van der Waals surface area contributed by atoms with Crippen molar-refractivity contribution in [2.24, 2.45) is 0 Å². The Morgan fingerprint density at radius 3 is 2.53 bits per heavy atom. The van der Waals surface area contributed by atoms with Crippen LogP contribution in [0.2, 0.25) is 0 Å². The summed E-state index contributed by atoms with van der Waals surface area (Å²) in [6, 6.07) is 15.8. The van der Waals surface area contributed by atoms with Crippen molar-refractivity contribution in [2.75, 3.05) is 12.8 Å². The molecule has 0 saturated carbocycles. The van der Waals surface area contributed by atoms with Crippen LogP contribution in [0.15, 0.2) is 48.5 Å². The largest absolute Gasteiger partial charge is 0.497 e. The number of hydrogen-bond donors (Lipinski definition) is 1. The molecule has 3 nitrogen and oxygen atoms in total. The van der Waals surface area contributed by atoms with Crippen molar-refractivity contribution in [3.8, 4) is 5.75 Å². The number of ether oxygens (including phenoxy) is 2. The molecule has 0 heterocycles. The summed E-state index contributed by atoms with van der Waals surface area (Å²) in [7, 11) is 1.63. The molecule has 0 radical (unpaired) electrons. The van der Waals surface area contributed by atoms with Crippen LogP contribution >= 0.6 is 0 Å². The van der Waals surface area contributed by atoms with E-state index in [0.29, 0.717) is 12.3 Å². The van der Waals surface area contributed by atoms with Crippen molar-refractivity contribution < 1.29 is 9.47 Å². The summed E-state index contributed by atoms with van der Waals surface area (Å²) in [6.07, 6.45) is 0.0497. The molecule has 0 bridgehead atoms. The van der Waals surface area contributed by atoms with E-state index in [2.05, 4.69) is 12.1 Å². The number of hydrogen-bond acceptors (Lipinski definition) is 3. The Labute approximate surface area is 114 Å². The highest BCUT2D eigenvalue weighted by Gasteiger charge is 2.06. The summed E-state index contributed by atoms with van der Waals surface area (Å²) in [5, 5.41) is 0. The third-order valence-corrected chi connectivity index (χ3v) is 2.99. The minimum atomic E-state index is 0.0497. The van der Waals surface area contributed by atoms with Gasteiger partial charge in [-0.05, 0) is 30.2 Å². The average Bonchev–Trinajstić information content (AvgIpc) is 2.45. The molecule has 19 heavy (non-hydrogen) atoms. The summed E-state index contributed by atoms with van der Waals surface area (Å²) in [6.45, 7) is 2.55. The summed E-state index contributed by atoms with van der Waals surface area (Å²) in [4.78, 5) is 0. The highest BCUT2D eigenvalue weighted by molar-refractivity contribution is 5.47.